The lowest BCUT2D eigenvalue weighted by atomic mass is 10.1. The predicted octanol–water partition coefficient (Wildman–Crippen LogP) is 3.52. The van der Waals surface area contributed by atoms with Crippen LogP contribution in [0.3, 0.4) is 0 Å². The van der Waals surface area contributed by atoms with Crippen molar-refractivity contribution in [2.75, 3.05) is 6.54 Å². The summed E-state index contributed by atoms with van der Waals surface area (Å²) in [6.45, 7) is 2.01. The Morgan fingerprint density at radius 2 is 2.12 bits per heavy atom. The van der Waals surface area contributed by atoms with E-state index in [1.807, 2.05) is 6.92 Å². The maximum atomic E-state index is 12.0. The summed E-state index contributed by atoms with van der Waals surface area (Å²) in [7, 11) is 0. The van der Waals surface area contributed by atoms with Gasteiger partial charge in [-0.1, -0.05) is 23.8 Å². The molecule has 1 aromatic carbocycles. The first-order valence-corrected chi connectivity index (χ1v) is 5.85. The highest BCUT2D eigenvalue weighted by atomic mass is 19.4. The molecule has 17 heavy (non-hydrogen) atoms. The fourth-order valence-corrected chi connectivity index (χ4v) is 2.32. The summed E-state index contributed by atoms with van der Waals surface area (Å²) < 4.78 is 36.1. The Morgan fingerprint density at radius 3 is 2.82 bits per heavy atom. The topological polar surface area (TPSA) is 12.0 Å². The predicted molar refractivity (Wildman–Crippen MR) is 60.9 cm³/mol. The first kappa shape index (κ1) is 12.4. The van der Waals surface area contributed by atoms with Gasteiger partial charge in [0, 0.05) is 12.6 Å². The summed E-state index contributed by atoms with van der Waals surface area (Å²) in [5.41, 5.74) is 3.60. The average Bonchev–Trinajstić information content (AvgIpc) is 2.59. The van der Waals surface area contributed by atoms with Gasteiger partial charge in [-0.05, 0) is 30.9 Å². The third-order valence-electron chi connectivity index (χ3n) is 3.18. The van der Waals surface area contributed by atoms with Crippen LogP contribution in [0.2, 0.25) is 0 Å². The Bertz CT molecular complexity index is 398. The summed E-state index contributed by atoms with van der Waals surface area (Å²) in [6.07, 6.45) is -2.97. The van der Waals surface area contributed by atoms with Gasteiger partial charge in [-0.25, -0.2) is 0 Å². The van der Waals surface area contributed by atoms with Crippen LogP contribution in [0.25, 0.3) is 0 Å². The molecule has 0 heterocycles. The lowest BCUT2D eigenvalue weighted by Gasteiger charge is -2.15. The second-order valence-corrected chi connectivity index (χ2v) is 4.61. The Labute approximate surface area is 99.0 Å². The van der Waals surface area contributed by atoms with Gasteiger partial charge < -0.3 is 5.32 Å². The molecule has 0 bridgehead atoms. The molecule has 0 saturated heterocycles. The van der Waals surface area contributed by atoms with Gasteiger partial charge in [0.1, 0.15) is 0 Å². The van der Waals surface area contributed by atoms with E-state index in [1.54, 1.807) is 0 Å². The smallest absolute Gasteiger partial charge is 0.310 e. The number of hydrogen-bond acceptors (Lipinski definition) is 1. The number of rotatable bonds is 3. The summed E-state index contributed by atoms with van der Waals surface area (Å²) in [4.78, 5) is 0. The van der Waals surface area contributed by atoms with Gasteiger partial charge in [0.15, 0.2) is 0 Å². The quantitative estimate of drug-likeness (QED) is 0.856. The van der Waals surface area contributed by atoms with Gasteiger partial charge in [-0.2, -0.15) is 13.2 Å². The molecule has 2 rings (SSSR count). The van der Waals surface area contributed by atoms with Crippen LogP contribution in [-0.4, -0.2) is 12.7 Å². The van der Waals surface area contributed by atoms with Crippen LogP contribution < -0.4 is 5.32 Å². The van der Waals surface area contributed by atoms with E-state index in [1.165, 1.54) is 11.1 Å². The molecule has 1 unspecified atom stereocenters. The van der Waals surface area contributed by atoms with Gasteiger partial charge in [0.25, 0.3) is 0 Å². The number of fused-ring (bicyclic) bond motifs is 1. The fraction of sp³-hybridized carbons (Fsp3) is 0.538. The SMILES string of the molecule is Cc1ccc2c(c1)C(NCCC(F)(F)F)CC2. The minimum atomic E-state index is -4.07. The van der Waals surface area contributed by atoms with E-state index in [0.717, 1.165) is 18.4 Å². The first-order valence-electron chi connectivity index (χ1n) is 5.85. The average molecular weight is 243 g/mol. The Morgan fingerprint density at radius 1 is 1.35 bits per heavy atom. The largest absolute Gasteiger partial charge is 0.390 e. The molecule has 1 aliphatic rings. The van der Waals surface area contributed by atoms with E-state index in [0.29, 0.717) is 0 Å². The molecule has 0 fully saturated rings. The van der Waals surface area contributed by atoms with E-state index < -0.39 is 12.6 Å². The molecule has 1 aromatic rings. The van der Waals surface area contributed by atoms with Gasteiger partial charge in [0.2, 0.25) is 0 Å². The second kappa shape index (κ2) is 4.69. The molecule has 0 amide bonds. The zero-order valence-corrected chi connectivity index (χ0v) is 9.77. The van der Waals surface area contributed by atoms with Gasteiger partial charge in [-0.3, -0.25) is 0 Å². The minimum absolute atomic E-state index is 0.00154. The van der Waals surface area contributed by atoms with E-state index in [2.05, 4.69) is 23.5 Å². The van der Waals surface area contributed by atoms with Crippen LogP contribution in [0.1, 0.15) is 35.6 Å². The standard InChI is InChI=1S/C13H16F3N/c1-9-2-3-10-4-5-12(11(10)8-9)17-7-6-13(14,15)16/h2-3,8,12,17H,4-7H2,1H3. The molecule has 0 aliphatic heterocycles. The summed E-state index contributed by atoms with van der Waals surface area (Å²) in [5, 5.41) is 3.00. The van der Waals surface area contributed by atoms with Crippen LogP contribution in [0.4, 0.5) is 13.2 Å². The Hall–Kier alpha value is -1.03. The summed E-state index contributed by atoms with van der Waals surface area (Å²) in [6, 6.07) is 6.30. The van der Waals surface area contributed by atoms with Crippen LogP contribution in [0.15, 0.2) is 18.2 Å². The zero-order chi connectivity index (χ0) is 12.5. The molecular weight excluding hydrogens is 227 g/mol. The van der Waals surface area contributed by atoms with E-state index in [9.17, 15) is 13.2 Å². The van der Waals surface area contributed by atoms with Gasteiger partial charge in [-0.15, -0.1) is 0 Å². The maximum Gasteiger partial charge on any atom is 0.390 e. The summed E-state index contributed by atoms with van der Waals surface area (Å²) >= 11 is 0. The third-order valence-corrected chi connectivity index (χ3v) is 3.18. The Balaban J connectivity index is 1.95. The van der Waals surface area contributed by atoms with E-state index in [-0.39, 0.29) is 12.6 Å². The molecule has 0 aromatic heterocycles. The summed E-state index contributed by atoms with van der Waals surface area (Å²) in [5.74, 6) is 0. The third kappa shape index (κ3) is 3.22. The van der Waals surface area contributed by atoms with Crippen LogP contribution in [0, 0.1) is 6.92 Å². The highest BCUT2D eigenvalue weighted by molar-refractivity contribution is 5.37. The van der Waals surface area contributed by atoms with Crippen molar-refractivity contribution in [1.29, 1.82) is 0 Å². The lowest BCUT2D eigenvalue weighted by molar-refractivity contribution is -0.133. The number of halogens is 3. The monoisotopic (exact) mass is 243 g/mol. The van der Waals surface area contributed by atoms with Crippen molar-refractivity contribution in [2.24, 2.45) is 0 Å². The fourth-order valence-electron chi connectivity index (χ4n) is 2.32. The molecule has 0 radical (unpaired) electrons. The lowest BCUT2D eigenvalue weighted by Crippen LogP contribution is -2.24. The van der Waals surface area contributed by atoms with Crippen molar-refractivity contribution >= 4 is 0 Å². The normalized spacial score (nSPS) is 19.4. The number of nitrogens with one attached hydrogen (secondary N) is 1. The van der Waals surface area contributed by atoms with E-state index >= 15 is 0 Å². The van der Waals surface area contributed by atoms with Crippen molar-refractivity contribution in [3.8, 4) is 0 Å². The number of alkyl halides is 3. The molecule has 0 saturated carbocycles. The van der Waals surface area contributed by atoms with Crippen molar-refractivity contribution in [1.82, 2.24) is 5.32 Å². The van der Waals surface area contributed by atoms with Crippen molar-refractivity contribution in [2.45, 2.75) is 38.4 Å². The van der Waals surface area contributed by atoms with Crippen LogP contribution >= 0.6 is 0 Å². The molecule has 1 nitrogen and oxygen atoms in total. The first-order chi connectivity index (χ1) is 7.96. The Kier molecular flexibility index (Phi) is 3.43. The number of aryl methyl sites for hydroxylation is 2. The highest BCUT2D eigenvalue weighted by Gasteiger charge is 2.28. The molecule has 0 spiro atoms. The molecule has 1 N–H and O–H groups in total. The molecule has 1 atom stereocenters. The van der Waals surface area contributed by atoms with Crippen molar-refractivity contribution in [3.63, 3.8) is 0 Å². The van der Waals surface area contributed by atoms with Crippen molar-refractivity contribution < 1.29 is 13.2 Å². The van der Waals surface area contributed by atoms with Gasteiger partial charge in [0.05, 0.1) is 6.42 Å². The van der Waals surface area contributed by atoms with Crippen LogP contribution in [0.5, 0.6) is 0 Å². The molecule has 1 aliphatic carbocycles. The highest BCUT2D eigenvalue weighted by Crippen LogP contribution is 2.32. The van der Waals surface area contributed by atoms with Crippen LogP contribution in [-0.2, 0) is 6.42 Å². The van der Waals surface area contributed by atoms with Gasteiger partial charge >= 0.3 is 6.18 Å². The molecule has 94 valence electrons. The number of hydrogen-bond donors (Lipinski definition) is 1. The zero-order valence-electron chi connectivity index (χ0n) is 9.77. The molecule has 4 heteroatoms. The van der Waals surface area contributed by atoms with Crippen molar-refractivity contribution in [3.05, 3.63) is 34.9 Å². The minimum Gasteiger partial charge on any atom is -0.310 e. The number of benzene rings is 1. The van der Waals surface area contributed by atoms with E-state index in [4.69, 9.17) is 0 Å². The second-order valence-electron chi connectivity index (χ2n) is 4.61. The maximum absolute atomic E-state index is 12.0. The molecular formula is C13H16F3N.